The summed E-state index contributed by atoms with van der Waals surface area (Å²) in [5, 5.41) is 2.23. The van der Waals surface area contributed by atoms with Gasteiger partial charge >= 0.3 is 0 Å². The van der Waals surface area contributed by atoms with Gasteiger partial charge in [0, 0.05) is 12.3 Å². The summed E-state index contributed by atoms with van der Waals surface area (Å²) in [4.78, 5) is 24.0. The van der Waals surface area contributed by atoms with Crippen LogP contribution < -0.4 is 0 Å². The largest absolute Gasteiger partial charge is 0.294 e. The summed E-state index contributed by atoms with van der Waals surface area (Å²) < 4.78 is 0. The molecule has 0 aliphatic heterocycles. The summed E-state index contributed by atoms with van der Waals surface area (Å²) >= 11 is 5.62. The van der Waals surface area contributed by atoms with Crippen molar-refractivity contribution in [1.29, 1.82) is 0 Å². The Balaban J connectivity index is 2.27. The number of alkyl halides is 1. The second-order valence-electron chi connectivity index (χ2n) is 5.29. The zero-order valence-corrected chi connectivity index (χ0v) is 13.4. The molecule has 0 saturated carbocycles. The Kier molecular flexibility index (Phi) is 5.91. The normalized spacial score (nSPS) is 11.6. The molecule has 0 heterocycles. The second kappa shape index (κ2) is 7.90. The van der Waals surface area contributed by atoms with Gasteiger partial charge in [-0.15, -0.1) is 11.6 Å². The van der Waals surface area contributed by atoms with Crippen LogP contribution >= 0.6 is 11.6 Å². The van der Waals surface area contributed by atoms with Gasteiger partial charge < -0.3 is 0 Å². The molecule has 0 aromatic heterocycles. The highest BCUT2D eigenvalue weighted by atomic mass is 35.5. The van der Waals surface area contributed by atoms with Crippen LogP contribution in [-0.4, -0.2) is 17.4 Å². The van der Waals surface area contributed by atoms with E-state index in [-0.39, 0.29) is 17.1 Å². The van der Waals surface area contributed by atoms with Crippen molar-refractivity contribution in [3.05, 3.63) is 53.6 Å². The number of fused-ring (bicyclic) bond motifs is 1. The van der Waals surface area contributed by atoms with E-state index in [1.807, 2.05) is 42.5 Å². The highest BCUT2D eigenvalue weighted by molar-refractivity contribution is 6.22. The number of Topliss-reactive ketones (excluding diaryl/α,β-unsaturated/α-hetero) is 2. The smallest absolute Gasteiger partial charge is 0.166 e. The first-order chi connectivity index (χ1) is 10.6. The van der Waals surface area contributed by atoms with Gasteiger partial charge in [-0.2, -0.15) is 0 Å². The number of hydrogen-bond acceptors (Lipinski definition) is 2. The lowest BCUT2D eigenvalue weighted by Gasteiger charge is -2.04. The number of halogens is 1. The summed E-state index contributed by atoms with van der Waals surface area (Å²) in [5.74, 6) is 0.242. The Labute approximate surface area is 135 Å². The number of carbonyl (C=O) groups is 2. The lowest BCUT2D eigenvalue weighted by atomic mass is 9.99. The summed E-state index contributed by atoms with van der Waals surface area (Å²) in [7, 11) is 0. The van der Waals surface area contributed by atoms with Gasteiger partial charge in [0.1, 0.15) is 0 Å². The van der Waals surface area contributed by atoms with Crippen molar-refractivity contribution in [2.75, 3.05) is 5.88 Å². The number of hydrogen-bond donors (Lipinski definition) is 0. The van der Waals surface area contributed by atoms with Crippen molar-refractivity contribution in [2.24, 2.45) is 0 Å². The van der Waals surface area contributed by atoms with E-state index in [0.29, 0.717) is 18.7 Å². The molecule has 0 atom stereocenters. The number of ketones is 2. The number of carbonyl (C=O) groups excluding carboxylic acids is 2. The molecule has 22 heavy (non-hydrogen) atoms. The number of unbranched alkanes of at least 4 members (excludes halogenated alkanes) is 1. The first-order valence-corrected chi connectivity index (χ1v) is 7.96. The maximum atomic E-state index is 12.2. The molecule has 0 aliphatic rings. The first-order valence-electron chi connectivity index (χ1n) is 7.42. The highest BCUT2D eigenvalue weighted by Gasteiger charge is 2.14. The van der Waals surface area contributed by atoms with Crippen LogP contribution in [0.2, 0.25) is 0 Å². The average molecular weight is 315 g/mol. The zero-order chi connectivity index (χ0) is 15.9. The molecule has 2 nitrogen and oxygen atoms in total. The molecule has 3 heteroatoms. The van der Waals surface area contributed by atoms with Crippen LogP contribution in [-0.2, 0) is 9.59 Å². The van der Waals surface area contributed by atoms with Crippen LogP contribution in [0.1, 0.15) is 31.7 Å². The van der Waals surface area contributed by atoms with E-state index >= 15 is 0 Å². The first kappa shape index (κ1) is 16.4. The fraction of sp³-hybridized carbons (Fsp3) is 0.263. The molecule has 0 fully saturated rings. The Hall–Kier alpha value is -1.93. The predicted octanol–water partition coefficient (Wildman–Crippen LogP) is 4.79. The minimum Gasteiger partial charge on any atom is -0.294 e. The number of benzene rings is 2. The van der Waals surface area contributed by atoms with E-state index in [0.717, 1.165) is 22.8 Å². The zero-order valence-electron chi connectivity index (χ0n) is 12.6. The third-order valence-corrected chi connectivity index (χ3v) is 3.82. The molecule has 114 valence electrons. The van der Waals surface area contributed by atoms with E-state index in [2.05, 4.69) is 0 Å². The fourth-order valence-corrected chi connectivity index (χ4v) is 2.55. The Bertz CT molecular complexity index is 716. The summed E-state index contributed by atoms with van der Waals surface area (Å²) in [6, 6.07) is 13.9. The minimum atomic E-state index is -0.191. The molecular weight excluding hydrogens is 296 g/mol. The van der Waals surface area contributed by atoms with Gasteiger partial charge in [0.25, 0.3) is 0 Å². The molecular formula is C19H19ClO2. The van der Waals surface area contributed by atoms with E-state index in [1.165, 1.54) is 6.92 Å². The van der Waals surface area contributed by atoms with Crippen LogP contribution in [0.25, 0.3) is 16.8 Å². The standard InChI is InChI=1S/C19H19ClO2/c1-14(21)18(19(22)8-4-5-11-20)13-15-9-10-16-6-2-3-7-17(16)12-15/h2-3,6-7,9-10,12-13H,4-5,8,11H2,1H3. The van der Waals surface area contributed by atoms with E-state index < -0.39 is 0 Å². The van der Waals surface area contributed by atoms with Crippen LogP contribution in [0, 0.1) is 0 Å². The van der Waals surface area contributed by atoms with Crippen LogP contribution in [0.3, 0.4) is 0 Å². The predicted molar refractivity (Wildman–Crippen MR) is 92.2 cm³/mol. The topological polar surface area (TPSA) is 34.1 Å². The van der Waals surface area contributed by atoms with Crippen molar-refractivity contribution < 1.29 is 9.59 Å². The fourth-order valence-electron chi connectivity index (χ4n) is 2.36. The lowest BCUT2D eigenvalue weighted by Crippen LogP contribution is -2.10. The molecule has 2 aromatic carbocycles. The Morgan fingerprint density at radius 3 is 2.45 bits per heavy atom. The van der Waals surface area contributed by atoms with Crippen molar-refractivity contribution >= 4 is 40.0 Å². The van der Waals surface area contributed by atoms with Gasteiger partial charge in [-0.05, 0) is 48.2 Å². The van der Waals surface area contributed by atoms with Gasteiger partial charge in [-0.25, -0.2) is 0 Å². The van der Waals surface area contributed by atoms with Gasteiger partial charge in [-0.3, -0.25) is 9.59 Å². The molecule has 0 bridgehead atoms. The van der Waals surface area contributed by atoms with E-state index in [9.17, 15) is 9.59 Å². The van der Waals surface area contributed by atoms with Gasteiger partial charge in [0.15, 0.2) is 11.6 Å². The lowest BCUT2D eigenvalue weighted by molar-refractivity contribution is -0.120. The van der Waals surface area contributed by atoms with Gasteiger partial charge in [-0.1, -0.05) is 36.4 Å². The molecule has 2 rings (SSSR count). The van der Waals surface area contributed by atoms with E-state index in [1.54, 1.807) is 6.08 Å². The monoisotopic (exact) mass is 314 g/mol. The number of allylic oxidation sites excluding steroid dienone is 1. The Morgan fingerprint density at radius 1 is 1.05 bits per heavy atom. The minimum absolute atomic E-state index is 0.106. The maximum absolute atomic E-state index is 12.2. The third-order valence-electron chi connectivity index (χ3n) is 3.55. The molecule has 0 aliphatic carbocycles. The number of rotatable bonds is 7. The molecule has 0 amide bonds. The van der Waals surface area contributed by atoms with Crippen molar-refractivity contribution in [3.63, 3.8) is 0 Å². The van der Waals surface area contributed by atoms with Crippen molar-refractivity contribution in [1.82, 2.24) is 0 Å². The molecule has 0 radical (unpaired) electrons. The van der Waals surface area contributed by atoms with Crippen molar-refractivity contribution in [2.45, 2.75) is 26.2 Å². The summed E-state index contributed by atoms with van der Waals surface area (Å²) in [5.41, 5.74) is 1.14. The third kappa shape index (κ3) is 4.28. The average Bonchev–Trinajstić information content (AvgIpc) is 2.52. The Morgan fingerprint density at radius 2 is 1.77 bits per heavy atom. The van der Waals surface area contributed by atoms with Crippen LogP contribution in [0.4, 0.5) is 0 Å². The second-order valence-corrected chi connectivity index (χ2v) is 5.67. The molecule has 0 spiro atoms. The quantitative estimate of drug-likeness (QED) is 0.242. The summed E-state index contributed by atoms with van der Waals surface area (Å²) in [6.07, 6.45) is 3.56. The highest BCUT2D eigenvalue weighted by Crippen LogP contribution is 2.19. The molecule has 0 unspecified atom stereocenters. The van der Waals surface area contributed by atoms with Crippen molar-refractivity contribution in [3.8, 4) is 0 Å². The van der Waals surface area contributed by atoms with Gasteiger partial charge in [0.05, 0.1) is 5.57 Å². The molecule has 2 aromatic rings. The van der Waals surface area contributed by atoms with Gasteiger partial charge in [0.2, 0.25) is 0 Å². The van der Waals surface area contributed by atoms with Crippen LogP contribution in [0.15, 0.2) is 48.0 Å². The maximum Gasteiger partial charge on any atom is 0.166 e. The van der Waals surface area contributed by atoms with Crippen LogP contribution in [0.5, 0.6) is 0 Å². The van der Waals surface area contributed by atoms with E-state index in [4.69, 9.17) is 11.6 Å². The summed E-state index contributed by atoms with van der Waals surface area (Å²) in [6.45, 7) is 1.44. The molecule has 0 N–H and O–H groups in total. The SMILES string of the molecule is CC(=O)C(=Cc1ccc2ccccc2c1)C(=O)CCCCCl. The molecule has 0 saturated heterocycles.